The minimum Gasteiger partial charge on any atom is -0.504 e. The number of aliphatic hydroxyl groups is 1. The molecular weight excluding hydrogens is 514 g/mol. The zero-order valence-corrected chi connectivity index (χ0v) is 23.7. The molecule has 1 heterocycles. The van der Waals surface area contributed by atoms with Gasteiger partial charge in [0.1, 0.15) is 6.10 Å². The van der Waals surface area contributed by atoms with Crippen molar-refractivity contribution in [2.24, 2.45) is 5.16 Å². The molecule has 40 heavy (non-hydrogen) atoms. The molecule has 0 amide bonds. The topological polar surface area (TPSA) is 113 Å². The van der Waals surface area contributed by atoms with Crippen LogP contribution in [-0.4, -0.2) is 105 Å². The van der Waals surface area contributed by atoms with Gasteiger partial charge in [0, 0.05) is 32.8 Å². The molecule has 1 aliphatic rings. The molecule has 0 saturated carbocycles. The number of nitrogens with zero attached hydrogens (tertiary/aromatic N) is 3. The normalized spacial score (nSPS) is 15.5. The lowest BCUT2D eigenvalue weighted by Crippen LogP contribution is -2.33. The molecule has 220 valence electrons. The number of phenols is 1. The molecule has 2 aromatic carbocycles. The first-order chi connectivity index (χ1) is 19.5. The summed E-state index contributed by atoms with van der Waals surface area (Å²) >= 11 is 0. The molecule has 1 aliphatic heterocycles. The lowest BCUT2D eigenvalue weighted by molar-refractivity contribution is 0.0356. The van der Waals surface area contributed by atoms with Crippen molar-refractivity contribution in [3.63, 3.8) is 0 Å². The minimum absolute atomic E-state index is 0.0336. The fourth-order valence-electron chi connectivity index (χ4n) is 4.68. The number of oxime groups is 1. The van der Waals surface area contributed by atoms with Crippen LogP contribution in [0.4, 0.5) is 0 Å². The number of esters is 1. The molecule has 10 heteroatoms. The Hall–Kier alpha value is -3.34. The maximum absolute atomic E-state index is 12.5. The standard InChI is InChI=1S/C30H43N3O7/c1-37-28-22-25(21-27(35)29(28)38-2)30(36)39-20-8-15-32-13-7-14-33(18-17-32)16-12-26(11-6-19-34)40-31-23-24-9-4-3-5-10-24/h3-5,9-10,21-23,26,34-35H,6-8,11-20H2,1-2H3/b31-23+. The summed E-state index contributed by atoms with van der Waals surface area (Å²) < 4.78 is 15.7. The van der Waals surface area contributed by atoms with Gasteiger partial charge in [-0.1, -0.05) is 35.5 Å². The average Bonchev–Trinajstić information content (AvgIpc) is 3.21. The van der Waals surface area contributed by atoms with Gasteiger partial charge in [0.2, 0.25) is 5.75 Å². The van der Waals surface area contributed by atoms with E-state index in [0.29, 0.717) is 13.0 Å². The Bertz CT molecular complexity index is 1050. The van der Waals surface area contributed by atoms with Gasteiger partial charge in [-0.25, -0.2) is 4.79 Å². The van der Waals surface area contributed by atoms with E-state index in [2.05, 4.69) is 15.0 Å². The summed E-state index contributed by atoms with van der Waals surface area (Å²) in [4.78, 5) is 23.1. The van der Waals surface area contributed by atoms with E-state index in [0.717, 1.165) is 70.5 Å². The SMILES string of the molecule is COc1cc(C(=O)OCCCN2CCCN(CCC(CCCO)O/N=C/c3ccccc3)CC2)cc(O)c1OC. The van der Waals surface area contributed by atoms with Crippen molar-refractivity contribution in [1.29, 1.82) is 0 Å². The van der Waals surface area contributed by atoms with Gasteiger partial charge in [-0.05, 0) is 62.9 Å². The smallest absolute Gasteiger partial charge is 0.338 e. The van der Waals surface area contributed by atoms with Gasteiger partial charge in [0.25, 0.3) is 0 Å². The minimum atomic E-state index is -0.510. The summed E-state index contributed by atoms with van der Waals surface area (Å²) in [7, 11) is 2.87. The summed E-state index contributed by atoms with van der Waals surface area (Å²) in [5.74, 6) is -0.229. The zero-order chi connectivity index (χ0) is 28.6. The summed E-state index contributed by atoms with van der Waals surface area (Å²) in [6, 6.07) is 12.7. The van der Waals surface area contributed by atoms with Gasteiger partial charge < -0.3 is 39.1 Å². The van der Waals surface area contributed by atoms with E-state index < -0.39 is 5.97 Å². The summed E-state index contributed by atoms with van der Waals surface area (Å²) in [5, 5.41) is 23.5. The molecule has 0 bridgehead atoms. The number of aromatic hydroxyl groups is 1. The van der Waals surface area contributed by atoms with Crippen LogP contribution in [0.2, 0.25) is 0 Å². The average molecular weight is 558 g/mol. The Labute approximate surface area is 237 Å². The van der Waals surface area contributed by atoms with Crippen LogP contribution in [0.25, 0.3) is 0 Å². The number of rotatable bonds is 16. The monoisotopic (exact) mass is 557 g/mol. The highest BCUT2D eigenvalue weighted by molar-refractivity contribution is 5.91. The number of carbonyl (C=O) groups is 1. The fourth-order valence-corrected chi connectivity index (χ4v) is 4.68. The third-order valence-corrected chi connectivity index (χ3v) is 6.89. The number of hydrogen-bond donors (Lipinski definition) is 2. The summed E-state index contributed by atoms with van der Waals surface area (Å²) in [5.41, 5.74) is 1.21. The second kappa shape index (κ2) is 17.4. The molecule has 1 saturated heterocycles. The first kappa shape index (κ1) is 31.2. The molecule has 1 atom stereocenters. The summed E-state index contributed by atoms with van der Waals surface area (Å²) in [6.07, 6.45) is 5.80. The highest BCUT2D eigenvalue weighted by Crippen LogP contribution is 2.37. The first-order valence-electron chi connectivity index (χ1n) is 14.0. The number of carbonyl (C=O) groups excluding carboxylic acids is 1. The van der Waals surface area contributed by atoms with Crippen LogP contribution in [0, 0.1) is 0 Å². The first-order valence-corrected chi connectivity index (χ1v) is 14.0. The molecule has 10 nitrogen and oxygen atoms in total. The number of methoxy groups -OCH3 is 2. The molecule has 0 aromatic heterocycles. The second-order valence-electron chi connectivity index (χ2n) is 9.78. The van der Waals surface area contributed by atoms with Crippen LogP contribution in [0.3, 0.4) is 0 Å². The predicted octanol–water partition coefficient (Wildman–Crippen LogP) is 3.55. The molecule has 1 unspecified atom stereocenters. The van der Waals surface area contributed by atoms with Crippen molar-refractivity contribution in [2.45, 2.75) is 38.2 Å². The second-order valence-corrected chi connectivity index (χ2v) is 9.78. The van der Waals surface area contributed by atoms with E-state index >= 15 is 0 Å². The van der Waals surface area contributed by atoms with Crippen molar-refractivity contribution in [2.75, 3.05) is 66.7 Å². The van der Waals surface area contributed by atoms with Crippen LogP contribution in [0.5, 0.6) is 17.2 Å². The zero-order valence-electron chi connectivity index (χ0n) is 23.7. The third-order valence-electron chi connectivity index (χ3n) is 6.89. The third kappa shape index (κ3) is 10.3. The Morgan fingerprint density at radius 3 is 2.45 bits per heavy atom. The molecular formula is C30H43N3O7. The molecule has 3 rings (SSSR count). The Balaban J connectivity index is 1.37. The van der Waals surface area contributed by atoms with Gasteiger partial charge in [0.05, 0.1) is 32.6 Å². The van der Waals surface area contributed by atoms with Crippen molar-refractivity contribution >= 4 is 12.2 Å². The molecule has 2 N–H and O–H groups in total. The van der Waals surface area contributed by atoms with Crippen LogP contribution < -0.4 is 9.47 Å². The van der Waals surface area contributed by atoms with Crippen LogP contribution in [-0.2, 0) is 9.57 Å². The Kier molecular flexibility index (Phi) is 13.5. The predicted molar refractivity (Wildman–Crippen MR) is 153 cm³/mol. The van der Waals surface area contributed by atoms with E-state index in [1.807, 2.05) is 30.3 Å². The fraction of sp³-hybridized carbons (Fsp3) is 0.533. The van der Waals surface area contributed by atoms with Crippen LogP contribution >= 0.6 is 0 Å². The molecule has 1 fully saturated rings. The van der Waals surface area contributed by atoms with E-state index in [4.69, 9.17) is 19.0 Å². The Morgan fingerprint density at radius 2 is 1.75 bits per heavy atom. The van der Waals surface area contributed by atoms with Gasteiger partial charge in [-0.2, -0.15) is 0 Å². The van der Waals surface area contributed by atoms with Crippen LogP contribution in [0.15, 0.2) is 47.6 Å². The molecule has 0 spiro atoms. The maximum atomic E-state index is 12.5. The van der Waals surface area contributed by atoms with Crippen molar-refractivity contribution in [3.8, 4) is 17.2 Å². The van der Waals surface area contributed by atoms with Crippen molar-refractivity contribution in [3.05, 3.63) is 53.6 Å². The maximum Gasteiger partial charge on any atom is 0.338 e. The number of aliphatic hydroxyl groups excluding tert-OH is 1. The van der Waals surface area contributed by atoms with Gasteiger partial charge in [-0.15, -0.1) is 0 Å². The Morgan fingerprint density at radius 1 is 1.00 bits per heavy atom. The van der Waals surface area contributed by atoms with E-state index in [1.54, 1.807) is 6.21 Å². The molecule has 0 aliphatic carbocycles. The highest BCUT2D eigenvalue weighted by atomic mass is 16.6. The van der Waals surface area contributed by atoms with Gasteiger partial charge in [-0.3, -0.25) is 0 Å². The number of hydrogen-bond acceptors (Lipinski definition) is 10. The van der Waals surface area contributed by atoms with Gasteiger partial charge in [0.15, 0.2) is 11.5 Å². The quantitative estimate of drug-likeness (QED) is 0.138. The lowest BCUT2D eigenvalue weighted by atomic mass is 10.1. The molecule has 0 radical (unpaired) electrons. The van der Waals surface area contributed by atoms with Crippen molar-refractivity contribution in [1.82, 2.24) is 9.80 Å². The highest BCUT2D eigenvalue weighted by Gasteiger charge is 2.19. The number of phenolic OH excluding ortho intramolecular Hbond substituents is 1. The van der Waals surface area contributed by atoms with E-state index in [-0.39, 0.29) is 35.5 Å². The lowest BCUT2D eigenvalue weighted by Gasteiger charge is -2.23. The van der Waals surface area contributed by atoms with E-state index in [9.17, 15) is 15.0 Å². The van der Waals surface area contributed by atoms with Crippen molar-refractivity contribution < 1.29 is 34.1 Å². The van der Waals surface area contributed by atoms with E-state index in [1.165, 1.54) is 26.4 Å². The summed E-state index contributed by atoms with van der Waals surface area (Å²) in [6.45, 7) is 6.13. The number of ether oxygens (including phenoxy) is 3. The van der Waals surface area contributed by atoms with Crippen LogP contribution in [0.1, 0.15) is 48.0 Å². The molecule has 2 aromatic rings. The largest absolute Gasteiger partial charge is 0.504 e. The van der Waals surface area contributed by atoms with Gasteiger partial charge >= 0.3 is 5.97 Å². The number of benzene rings is 2.